The summed E-state index contributed by atoms with van der Waals surface area (Å²) in [6.45, 7) is 3.24. The number of amides is 1. The maximum atomic E-state index is 11.6. The molecule has 0 radical (unpaired) electrons. The maximum absolute atomic E-state index is 11.6. The van der Waals surface area contributed by atoms with Gasteiger partial charge in [-0.25, -0.2) is 0 Å². The van der Waals surface area contributed by atoms with Gasteiger partial charge in [0.25, 0.3) is 0 Å². The van der Waals surface area contributed by atoms with Gasteiger partial charge in [0.05, 0.1) is 19.1 Å². The van der Waals surface area contributed by atoms with Gasteiger partial charge in [0.1, 0.15) is 0 Å². The van der Waals surface area contributed by atoms with Crippen molar-refractivity contribution in [1.82, 2.24) is 4.90 Å². The molecule has 0 bridgehead atoms. The molecule has 0 saturated heterocycles. The van der Waals surface area contributed by atoms with Crippen molar-refractivity contribution in [3.05, 3.63) is 0 Å². The minimum absolute atomic E-state index is 0.0164. The van der Waals surface area contributed by atoms with Crippen molar-refractivity contribution in [1.29, 1.82) is 5.26 Å². The van der Waals surface area contributed by atoms with E-state index in [0.717, 1.165) is 0 Å². The molecule has 0 aromatic rings. The van der Waals surface area contributed by atoms with E-state index in [4.69, 9.17) is 15.7 Å². The summed E-state index contributed by atoms with van der Waals surface area (Å²) in [5.41, 5.74) is 5.54. The molecule has 5 nitrogen and oxygen atoms in total. The van der Waals surface area contributed by atoms with Crippen molar-refractivity contribution < 1.29 is 9.53 Å². The summed E-state index contributed by atoms with van der Waals surface area (Å²) >= 11 is 0. The normalized spacial score (nSPS) is 11.9. The average molecular weight is 213 g/mol. The Balaban J connectivity index is 4.08. The number of hydrogen-bond acceptors (Lipinski definition) is 4. The molecule has 0 aromatic carbocycles. The molecule has 0 aliphatic heterocycles. The molecule has 1 amide bonds. The summed E-state index contributed by atoms with van der Waals surface area (Å²) in [7, 11) is 1.58. The number of hydrogen-bond donors (Lipinski definition) is 1. The molecule has 2 N–H and O–H groups in total. The smallest absolute Gasteiger partial charge is 0.224 e. The molecule has 0 rings (SSSR count). The van der Waals surface area contributed by atoms with E-state index in [-0.39, 0.29) is 11.9 Å². The molecular formula is C10H19N3O2. The van der Waals surface area contributed by atoms with Crippen LogP contribution in [-0.2, 0) is 9.53 Å². The summed E-state index contributed by atoms with van der Waals surface area (Å²) in [5, 5.41) is 8.46. The van der Waals surface area contributed by atoms with E-state index in [0.29, 0.717) is 32.5 Å². The van der Waals surface area contributed by atoms with Crippen LogP contribution in [0.5, 0.6) is 0 Å². The van der Waals surface area contributed by atoms with Crippen molar-refractivity contribution in [3.63, 3.8) is 0 Å². The van der Waals surface area contributed by atoms with Gasteiger partial charge in [-0.05, 0) is 6.92 Å². The second kappa shape index (κ2) is 8.21. The van der Waals surface area contributed by atoms with E-state index >= 15 is 0 Å². The first kappa shape index (κ1) is 13.9. The van der Waals surface area contributed by atoms with Crippen LogP contribution >= 0.6 is 0 Å². The van der Waals surface area contributed by atoms with Gasteiger partial charge in [0.2, 0.25) is 5.91 Å². The number of nitrogens with two attached hydrogens (primary N) is 1. The van der Waals surface area contributed by atoms with Crippen LogP contribution in [0.25, 0.3) is 0 Å². The monoisotopic (exact) mass is 213 g/mol. The van der Waals surface area contributed by atoms with Gasteiger partial charge in [-0.2, -0.15) is 5.26 Å². The van der Waals surface area contributed by atoms with Crippen molar-refractivity contribution >= 4 is 5.91 Å². The number of nitriles is 1. The minimum atomic E-state index is -0.148. The van der Waals surface area contributed by atoms with E-state index in [2.05, 4.69) is 0 Å². The number of ether oxygens (including phenoxy) is 1. The summed E-state index contributed by atoms with van der Waals surface area (Å²) in [6.07, 6.45) is 0.656. The Hall–Kier alpha value is -1.12. The third kappa shape index (κ3) is 6.89. The zero-order chi connectivity index (χ0) is 11.7. The average Bonchev–Trinajstić information content (AvgIpc) is 2.17. The number of carbonyl (C=O) groups excluding carboxylic acids is 1. The number of methoxy groups -OCH3 is 1. The van der Waals surface area contributed by atoms with Gasteiger partial charge < -0.3 is 15.4 Å². The summed E-state index contributed by atoms with van der Waals surface area (Å²) in [6, 6.07) is 1.87. The van der Waals surface area contributed by atoms with Crippen LogP contribution in [0.2, 0.25) is 0 Å². The third-order valence-corrected chi connectivity index (χ3v) is 1.91. The van der Waals surface area contributed by atoms with Gasteiger partial charge in [-0.1, -0.05) is 0 Å². The molecule has 0 aliphatic rings. The minimum Gasteiger partial charge on any atom is -0.383 e. The summed E-state index contributed by atoms with van der Waals surface area (Å²) in [4.78, 5) is 13.3. The second-order valence-electron chi connectivity index (χ2n) is 3.46. The first-order valence-electron chi connectivity index (χ1n) is 5.01. The fourth-order valence-electron chi connectivity index (χ4n) is 1.15. The van der Waals surface area contributed by atoms with Gasteiger partial charge in [-0.3, -0.25) is 4.79 Å². The zero-order valence-corrected chi connectivity index (χ0v) is 9.40. The molecule has 0 fully saturated rings. The van der Waals surface area contributed by atoms with Crippen LogP contribution in [0.1, 0.15) is 19.8 Å². The number of nitrogens with zero attached hydrogens (tertiary/aromatic N) is 2. The van der Waals surface area contributed by atoms with Crippen LogP contribution in [0.3, 0.4) is 0 Å². The maximum Gasteiger partial charge on any atom is 0.224 e. The van der Waals surface area contributed by atoms with Crippen molar-refractivity contribution in [2.45, 2.75) is 25.8 Å². The molecule has 1 unspecified atom stereocenters. The van der Waals surface area contributed by atoms with E-state index in [1.807, 2.05) is 6.07 Å². The lowest BCUT2D eigenvalue weighted by atomic mass is 10.2. The SMILES string of the molecule is COCCN(CCC#N)C(=O)CC(C)N. The Morgan fingerprint density at radius 3 is 2.73 bits per heavy atom. The highest BCUT2D eigenvalue weighted by molar-refractivity contribution is 5.76. The lowest BCUT2D eigenvalue weighted by Crippen LogP contribution is -2.37. The molecular weight excluding hydrogens is 194 g/mol. The Morgan fingerprint density at radius 1 is 1.60 bits per heavy atom. The Morgan fingerprint density at radius 2 is 2.27 bits per heavy atom. The molecule has 5 heteroatoms. The Kier molecular flexibility index (Phi) is 7.60. The van der Waals surface area contributed by atoms with Crippen LogP contribution in [0, 0.1) is 11.3 Å². The van der Waals surface area contributed by atoms with E-state index in [1.165, 1.54) is 0 Å². The van der Waals surface area contributed by atoms with Crippen molar-refractivity contribution in [2.75, 3.05) is 26.8 Å². The van der Waals surface area contributed by atoms with E-state index in [1.54, 1.807) is 18.9 Å². The molecule has 0 spiro atoms. The fraction of sp³-hybridized carbons (Fsp3) is 0.800. The quantitative estimate of drug-likeness (QED) is 0.651. The van der Waals surface area contributed by atoms with E-state index < -0.39 is 0 Å². The molecule has 1 atom stereocenters. The van der Waals surface area contributed by atoms with Crippen molar-refractivity contribution in [2.24, 2.45) is 5.73 Å². The lowest BCUT2D eigenvalue weighted by Gasteiger charge is -2.22. The van der Waals surface area contributed by atoms with Gasteiger partial charge >= 0.3 is 0 Å². The first-order valence-corrected chi connectivity index (χ1v) is 5.01. The van der Waals surface area contributed by atoms with Gasteiger partial charge in [0, 0.05) is 32.7 Å². The first-order chi connectivity index (χ1) is 7.11. The van der Waals surface area contributed by atoms with Gasteiger partial charge in [-0.15, -0.1) is 0 Å². The Bertz CT molecular complexity index is 223. The van der Waals surface area contributed by atoms with Crippen LogP contribution in [-0.4, -0.2) is 43.7 Å². The van der Waals surface area contributed by atoms with Gasteiger partial charge in [0.15, 0.2) is 0 Å². The molecule has 15 heavy (non-hydrogen) atoms. The highest BCUT2D eigenvalue weighted by Crippen LogP contribution is 1.98. The molecule has 0 saturated carbocycles. The second-order valence-corrected chi connectivity index (χ2v) is 3.46. The molecule has 0 aliphatic carbocycles. The third-order valence-electron chi connectivity index (χ3n) is 1.91. The van der Waals surface area contributed by atoms with Crippen LogP contribution in [0.4, 0.5) is 0 Å². The Labute approximate surface area is 90.8 Å². The largest absolute Gasteiger partial charge is 0.383 e. The van der Waals surface area contributed by atoms with Crippen LogP contribution in [0.15, 0.2) is 0 Å². The summed E-state index contributed by atoms with van der Waals surface area (Å²) in [5.74, 6) is -0.0164. The van der Waals surface area contributed by atoms with Crippen LogP contribution < -0.4 is 5.73 Å². The van der Waals surface area contributed by atoms with E-state index in [9.17, 15) is 4.79 Å². The fourth-order valence-corrected chi connectivity index (χ4v) is 1.15. The highest BCUT2D eigenvalue weighted by atomic mass is 16.5. The van der Waals surface area contributed by atoms with Crippen molar-refractivity contribution in [3.8, 4) is 6.07 Å². The topological polar surface area (TPSA) is 79.3 Å². The number of carbonyl (C=O) groups is 1. The predicted octanol–water partition coefficient (Wildman–Crippen LogP) is 0.112. The standard InChI is InChI=1S/C10H19N3O2/c1-9(12)8-10(14)13(5-3-4-11)6-7-15-2/h9H,3,5-8,12H2,1-2H3. The molecule has 0 heterocycles. The predicted molar refractivity (Wildman–Crippen MR) is 57.0 cm³/mol. The lowest BCUT2D eigenvalue weighted by molar-refractivity contribution is -0.132. The molecule has 86 valence electrons. The molecule has 0 aromatic heterocycles. The number of rotatable bonds is 7. The zero-order valence-electron chi connectivity index (χ0n) is 9.40. The summed E-state index contributed by atoms with van der Waals surface area (Å²) < 4.78 is 4.90. The highest BCUT2D eigenvalue weighted by Gasteiger charge is 2.14.